The van der Waals surface area contributed by atoms with Gasteiger partial charge in [-0.3, -0.25) is 9.48 Å². The lowest BCUT2D eigenvalue weighted by molar-refractivity contribution is -0.141. The van der Waals surface area contributed by atoms with E-state index in [2.05, 4.69) is 5.10 Å². The van der Waals surface area contributed by atoms with Crippen molar-refractivity contribution in [1.29, 1.82) is 0 Å². The summed E-state index contributed by atoms with van der Waals surface area (Å²) in [6.07, 6.45) is 2.03. The Hall–Kier alpha value is -1.85. The van der Waals surface area contributed by atoms with Crippen molar-refractivity contribution in [2.45, 2.75) is 45.7 Å². The lowest BCUT2D eigenvalue weighted by Gasteiger charge is -2.21. The van der Waals surface area contributed by atoms with Crippen LogP contribution in [-0.4, -0.2) is 44.3 Å². The standard InChI is InChI=1S/C13H19N3O3/c1-3-9-8-11(16(4-2)14-9)12(17)15-7-5-6-10(15)13(18)19/h8,10H,3-7H2,1-2H3,(H,18,19)/t10-/m1/s1. The van der Waals surface area contributed by atoms with Gasteiger partial charge in [-0.2, -0.15) is 5.10 Å². The van der Waals surface area contributed by atoms with Crippen molar-refractivity contribution in [2.75, 3.05) is 6.54 Å². The fourth-order valence-corrected chi connectivity index (χ4v) is 2.47. The second-order valence-corrected chi connectivity index (χ2v) is 4.69. The van der Waals surface area contributed by atoms with Crippen LogP contribution in [0.3, 0.4) is 0 Å². The van der Waals surface area contributed by atoms with Crippen molar-refractivity contribution in [2.24, 2.45) is 0 Å². The topological polar surface area (TPSA) is 75.4 Å². The first kappa shape index (κ1) is 13.6. The highest BCUT2D eigenvalue weighted by molar-refractivity contribution is 5.95. The first-order valence-electron chi connectivity index (χ1n) is 6.69. The Kier molecular flexibility index (Phi) is 3.87. The molecule has 1 saturated heterocycles. The van der Waals surface area contributed by atoms with Crippen LogP contribution in [0, 0.1) is 0 Å². The van der Waals surface area contributed by atoms with Crippen LogP contribution in [-0.2, 0) is 17.8 Å². The Bertz CT molecular complexity index is 495. The highest BCUT2D eigenvalue weighted by Crippen LogP contribution is 2.21. The van der Waals surface area contributed by atoms with Crippen LogP contribution in [0.4, 0.5) is 0 Å². The maximum Gasteiger partial charge on any atom is 0.326 e. The SMILES string of the molecule is CCc1cc(C(=O)N2CCC[C@@H]2C(=O)O)n(CC)n1. The third-order valence-corrected chi connectivity index (χ3v) is 3.51. The number of carbonyl (C=O) groups excluding carboxylic acids is 1. The number of hydrogen-bond acceptors (Lipinski definition) is 3. The third kappa shape index (κ3) is 2.47. The summed E-state index contributed by atoms with van der Waals surface area (Å²) in [5.41, 5.74) is 1.35. The number of rotatable bonds is 4. The number of carboxylic acid groups (broad SMARTS) is 1. The average Bonchev–Trinajstić information content (AvgIpc) is 3.04. The zero-order valence-electron chi connectivity index (χ0n) is 11.3. The number of amides is 1. The molecule has 1 fully saturated rings. The zero-order chi connectivity index (χ0) is 14.0. The molecule has 0 saturated carbocycles. The molecule has 1 atom stereocenters. The molecule has 0 aromatic carbocycles. The maximum absolute atomic E-state index is 12.5. The number of aromatic nitrogens is 2. The van der Waals surface area contributed by atoms with Crippen molar-refractivity contribution < 1.29 is 14.7 Å². The van der Waals surface area contributed by atoms with Gasteiger partial charge in [0.05, 0.1) is 5.69 Å². The summed E-state index contributed by atoms with van der Waals surface area (Å²) in [7, 11) is 0. The average molecular weight is 265 g/mol. The molecular weight excluding hydrogens is 246 g/mol. The molecule has 6 nitrogen and oxygen atoms in total. The number of aryl methyl sites for hydroxylation is 2. The van der Waals surface area contributed by atoms with Gasteiger partial charge in [0.1, 0.15) is 11.7 Å². The van der Waals surface area contributed by atoms with Crippen LogP contribution in [0.1, 0.15) is 42.9 Å². The Morgan fingerprint density at radius 2 is 2.21 bits per heavy atom. The Balaban J connectivity index is 2.28. The largest absolute Gasteiger partial charge is 0.480 e. The molecule has 0 aliphatic carbocycles. The normalized spacial score (nSPS) is 18.8. The van der Waals surface area contributed by atoms with Crippen molar-refractivity contribution in [1.82, 2.24) is 14.7 Å². The fourth-order valence-electron chi connectivity index (χ4n) is 2.47. The second kappa shape index (κ2) is 5.42. The summed E-state index contributed by atoms with van der Waals surface area (Å²) in [4.78, 5) is 25.1. The van der Waals surface area contributed by atoms with E-state index in [9.17, 15) is 9.59 Å². The van der Waals surface area contributed by atoms with Crippen LogP contribution < -0.4 is 0 Å². The summed E-state index contributed by atoms with van der Waals surface area (Å²) in [5, 5.41) is 13.5. The molecule has 1 aromatic rings. The molecule has 2 heterocycles. The van der Waals surface area contributed by atoms with Crippen LogP contribution in [0.25, 0.3) is 0 Å². The molecule has 104 valence electrons. The monoisotopic (exact) mass is 265 g/mol. The molecule has 1 aliphatic heterocycles. The summed E-state index contributed by atoms with van der Waals surface area (Å²) in [6.45, 7) is 5.01. The Morgan fingerprint density at radius 1 is 1.47 bits per heavy atom. The summed E-state index contributed by atoms with van der Waals surface area (Å²) in [5.74, 6) is -1.15. The van der Waals surface area contributed by atoms with Gasteiger partial charge in [-0.25, -0.2) is 4.79 Å². The number of carboxylic acids is 1. The molecule has 0 radical (unpaired) electrons. The van der Waals surface area contributed by atoms with Crippen LogP contribution in [0.2, 0.25) is 0 Å². The van der Waals surface area contributed by atoms with Crippen molar-refractivity contribution in [3.8, 4) is 0 Å². The first-order valence-corrected chi connectivity index (χ1v) is 6.69. The molecular formula is C13H19N3O3. The molecule has 0 bridgehead atoms. The van der Waals surface area contributed by atoms with Gasteiger partial charge in [0.2, 0.25) is 0 Å². The van der Waals surface area contributed by atoms with Gasteiger partial charge in [-0.1, -0.05) is 6.92 Å². The van der Waals surface area contributed by atoms with E-state index < -0.39 is 12.0 Å². The number of aliphatic carboxylic acids is 1. The predicted molar refractivity (Wildman–Crippen MR) is 69.0 cm³/mol. The summed E-state index contributed by atoms with van der Waals surface area (Å²) in [6, 6.07) is 1.07. The quantitative estimate of drug-likeness (QED) is 0.886. The number of likely N-dealkylation sites (tertiary alicyclic amines) is 1. The maximum atomic E-state index is 12.5. The highest BCUT2D eigenvalue weighted by atomic mass is 16.4. The lowest BCUT2D eigenvalue weighted by Crippen LogP contribution is -2.41. The van der Waals surface area contributed by atoms with E-state index in [1.165, 1.54) is 4.90 Å². The molecule has 1 aliphatic rings. The van der Waals surface area contributed by atoms with Gasteiger partial charge in [-0.15, -0.1) is 0 Å². The molecule has 1 amide bonds. The first-order chi connectivity index (χ1) is 9.08. The summed E-state index contributed by atoms with van der Waals surface area (Å²) < 4.78 is 1.65. The van der Waals surface area contributed by atoms with Gasteiger partial charge < -0.3 is 10.0 Å². The minimum absolute atomic E-state index is 0.223. The van der Waals surface area contributed by atoms with E-state index in [0.717, 1.165) is 18.5 Å². The minimum atomic E-state index is -0.927. The van der Waals surface area contributed by atoms with Gasteiger partial charge in [-0.05, 0) is 32.3 Å². The molecule has 6 heteroatoms. The minimum Gasteiger partial charge on any atom is -0.480 e. The van der Waals surface area contributed by atoms with Crippen LogP contribution in [0.5, 0.6) is 0 Å². The molecule has 0 spiro atoms. The molecule has 1 aromatic heterocycles. The third-order valence-electron chi connectivity index (χ3n) is 3.51. The van der Waals surface area contributed by atoms with E-state index in [-0.39, 0.29) is 5.91 Å². The van der Waals surface area contributed by atoms with E-state index >= 15 is 0 Å². The predicted octanol–water partition coefficient (Wildman–Crippen LogP) is 1.15. The highest BCUT2D eigenvalue weighted by Gasteiger charge is 2.35. The van der Waals surface area contributed by atoms with Crippen molar-refractivity contribution in [3.05, 3.63) is 17.5 Å². The molecule has 2 rings (SSSR count). The van der Waals surface area contributed by atoms with Crippen LogP contribution >= 0.6 is 0 Å². The second-order valence-electron chi connectivity index (χ2n) is 4.69. The van der Waals surface area contributed by atoms with E-state index in [4.69, 9.17) is 5.11 Å². The fraction of sp³-hybridized carbons (Fsp3) is 0.615. The van der Waals surface area contributed by atoms with E-state index in [0.29, 0.717) is 25.2 Å². The number of carbonyl (C=O) groups is 2. The van der Waals surface area contributed by atoms with Gasteiger partial charge in [0.15, 0.2) is 0 Å². The van der Waals surface area contributed by atoms with Crippen molar-refractivity contribution in [3.63, 3.8) is 0 Å². The van der Waals surface area contributed by atoms with Crippen LogP contribution in [0.15, 0.2) is 6.07 Å². The Labute approximate surface area is 112 Å². The van der Waals surface area contributed by atoms with Gasteiger partial charge >= 0.3 is 5.97 Å². The van der Waals surface area contributed by atoms with Crippen molar-refractivity contribution >= 4 is 11.9 Å². The smallest absolute Gasteiger partial charge is 0.326 e. The van der Waals surface area contributed by atoms with Gasteiger partial charge in [0.25, 0.3) is 5.91 Å². The molecule has 1 N–H and O–H groups in total. The lowest BCUT2D eigenvalue weighted by atomic mass is 10.2. The Morgan fingerprint density at radius 3 is 2.79 bits per heavy atom. The molecule has 0 unspecified atom stereocenters. The number of hydrogen-bond donors (Lipinski definition) is 1. The summed E-state index contributed by atoms with van der Waals surface area (Å²) >= 11 is 0. The molecule has 19 heavy (non-hydrogen) atoms. The zero-order valence-corrected chi connectivity index (χ0v) is 11.3. The van der Waals surface area contributed by atoms with E-state index in [1.807, 2.05) is 13.8 Å². The number of nitrogens with zero attached hydrogens (tertiary/aromatic N) is 3. The van der Waals surface area contributed by atoms with E-state index in [1.54, 1.807) is 10.7 Å². The van der Waals surface area contributed by atoms with Gasteiger partial charge in [0, 0.05) is 13.1 Å².